The van der Waals surface area contributed by atoms with Gasteiger partial charge < -0.3 is 24.0 Å². The van der Waals surface area contributed by atoms with Crippen LogP contribution in [0.4, 0.5) is 4.79 Å². The van der Waals surface area contributed by atoms with Crippen molar-refractivity contribution in [2.24, 2.45) is 5.92 Å². The third-order valence-electron chi connectivity index (χ3n) is 6.88. The predicted octanol–water partition coefficient (Wildman–Crippen LogP) is 5.18. The van der Waals surface area contributed by atoms with Crippen LogP contribution in [0.1, 0.15) is 62.6 Å². The molecule has 2 aromatic rings. The first-order valence-electron chi connectivity index (χ1n) is 11.8. The van der Waals surface area contributed by atoms with E-state index in [2.05, 4.69) is 5.16 Å². The first-order chi connectivity index (χ1) is 15.9. The minimum atomic E-state index is -0.748. The third-order valence-corrected chi connectivity index (χ3v) is 6.88. The molecule has 1 aromatic carbocycles. The minimum absolute atomic E-state index is 0.0925. The molecule has 0 spiro atoms. The molecule has 2 fully saturated rings. The van der Waals surface area contributed by atoms with E-state index in [4.69, 9.17) is 14.0 Å². The van der Waals surface area contributed by atoms with Crippen molar-refractivity contribution in [3.8, 4) is 17.1 Å². The summed E-state index contributed by atoms with van der Waals surface area (Å²) in [5.41, 5.74) is 2.24. The van der Waals surface area contributed by atoms with Crippen molar-refractivity contribution in [3.05, 3.63) is 35.5 Å². The Bertz CT molecular complexity index is 964. The van der Waals surface area contributed by atoms with Crippen LogP contribution in [0.2, 0.25) is 0 Å². The zero-order chi connectivity index (χ0) is 23.4. The molecule has 2 atom stereocenters. The number of carboxylic acid groups (broad SMARTS) is 1. The summed E-state index contributed by atoms with van der Waals surface area (Å²) < 4.78 is 17.1. The van der Waals surface area contributed by atoms with Gasteiger partial charge in [0.15, 0.2) is 5.76 Å². The molecule has 1 amide bonds. The number of carbonyl (C=O) groups excluding carboxylic acids is 1. The lowest BCUT2D eigenvalue weighted by molar-refractivity contribution is -0.143. The largest absolute Gasteiger partial charge is 0.490 e. The van der Waals surface area contributed by atoms with Crippen LogP contribution in [-0.2, 0) is 16.1 Å². The average Bonchev–Trinajstić information content (AvgIpc) is 3.48. The van der Waals surface area contributed by atoms with Gasteiger partial charge in [-0.15, -0.1) is 0 Å². The van der Waals surface area contributed by atoms with Crippen LogP contribution in [-0.4, -0.2) is 46.4 Å². The van der Waals surface area contributed by atoms with Gasteiger partial charge in [0, 0.05) is 18.7 Å². The van der Waals surface area contributed by atoms with Crippen molar-refractivity contribution < 1.29 is 28.7 Å². The van der Waals surface area contributed by atoms with Gasteiger partial charge in [0.05, 0.1) is 23.3 Å². The van der Waals surface area contributed by atoms with Gasteiger partial charge in [-0.1, -0.05) is 18.0 Å². The summed E-state index contributed by atoms with van der Waals surface area (Å²) in [5, 5.41) is 13.3. The maximum Gasteiger partial charge on any atom is 0.410 e. The van der Waals surface area contributed by atoms with E-state index in [0.717, 1.165) is 49.7 Å². The van der Waals surface area contributed by atoms with Crippen LogP contribution < -0.4 is 4.74 Å². The molecule has 0 saturated heterocycles. The summed E-state index contributed by atoms with van der Waals surface area (Å²) in [6.45, 7) is 1.92. The fraction of sp³-hybridized carbons (Fsp3) is 0.560. The zero-order valence-electron chi connectivity index (χ0n) is 19.3. The van der Waals surface area contributed by atoms with Crippen molar-refractivity contribution in [3.63, 3.8) is 0 Å². The van der Waals surface area contributed by atoms with Crippen LogP contribution in [0.5, 0.6) is 5.75 Å². The second kappa shape index (κ2) is 10.3. The summed E-state index contributed by atoms with van der Waals surface area (Å²) in [5.74, 6) is 0.177. The lowest BCUT2D eigenvalue weighted by atomic mass is 9.87. The van der Waals surface area contributed by atoms with Crippen LogP contribution in [0.25, 0.3) is 11.3 Å². The molecule has 2 saturated carbocycles. The number of aromatic nitrogens is 1. The minimum Gasteiger partial charge on any atom is -0.490 e. The Labute approximate surface area is 193 Å². The molecule has 1 aromatic heterocycles. The molecule has 0 unspecified atom stereocenters. The number of hydrogen-bond acceptors (Lipinski definition) is 6. The number of aryl methyl sites for hydroxylation is 1. The van der Waals surface area contributed by atoms with E-state index in [0.29, 0.717) is 30.0 Å². The van der Waals surface area contributed by atoms with Crippen LogP contribution >= 0.6 is 0 Å². The topological polar surface area (TPSA) is 102 Å². The Morgan fingerprint density at radius 1 is 1.12 bits per heavy atom. The van der Waals surface area contributed by atoms with E-state index < -0.39 is 5.97 Å². The van der Waals surface area contributed by atoms with Crippen LogP contribution in [0.15, 0.2) is 28.8 Å². The number of carboxylic acids is 1. The van der Waals surface area contributed by atoms with E-state index in [-0.39, 0.29) is 30.8 Å². The predicted molar refractivity (Wildman–Crippen MR) is 121 cm³/mol. The fourth-order valence-electron chi connectivity index (χ4n) is 4.82. The smallest absolute Gasteiger partial charge is 0.410 e. The number of hydrogen-bond donors (Lipinski definition) is 1. The van der Waals surface area contributed by atoms with E-state index in [1.807, 2.05) is 31.2 Å². The number of benzene rings is 1. The molecule has 0 bridgehead atoms. The number of amides is 1. The van der Waals surface area contributed by atoms with Gasteiger partial charge in [0.1, 0.15) is 12.4 Å². The van der Waals surface area contributed by atoms with Crippen molar-refractivity contribution in [1.29, 1.82) is 0 Å². The Morgan fingerprint density at radius 2 is 1.85 bits per heavy atom. The molecule has 0 radical (unpaired) electrons. The van der Waals surface area contributed by atoms with Gasteiger partial charge in [-0.05, 0) is 69.7 Å². The molecule has 2 aliphatic carbocycles. The highest BCUT2D eigenvalue weighted by atomic mass is 16.6. The summed E-state index contributed by atoms with van der Waals surface area (Å²) in [6, 6.07) is 7.71. The average molecular weight is 457 g/mol. The molecule has 33 heavy (non-hydrogen) atoms. The lowest BCUT2D eigenvalue weighted by Crippen LogP contribution is -2.35. The van der Waals surface area contributed by atoms with Gasteiger partial charge in [-0.2, -0.15) is 0 Å². The van der Waals surface area contributed by atoms with Crippen molar-refractivity contribution >= 4 is 12.1 Å². The molecule has 178 valence electrons. The maximum atomic E-state index is 12.5. The van der Waals surface area contributed by atoms with E-state index >= 15 is 0 Å². The van der Waals surface area contributed by atoms with Gasteiger partial charge >= 0.3 is 12.1 Å². The van der Waals surface area contributed by atoms with E-state index in [9.17, 15) is 14.7 Å². The summed E-state index contributed by atoms with van der Waals surface area (Å²) >= 11 is 0. The molecule has 2 aliphatic rings. The van der Waals surface area contributed by atoms with E-state index in [1.165, 1.54) is 0 Å². The molecule has 0 aliphatic heterocycles. The standard InChI is InChI=1S/C25H32N2O6/c1-16-22(15-31-25(30)27(2)19-7-3-4-8-19)23(33-26-16)17-10-12-20(13-11-17)32-21-9-5-6-18(14-21)24(28)29/h10-13,18-19,21H,3-9,14-15H2,1-2H3,(H,28,29)/t18-,21+/m1/s1. The highest BCUT2D eigenvalue weighted by Gasteiger charge is 2.28. The summed E-state index contributed by atoms with van der Waals surface area (Å²) in [4.78, 5) is 25.5. The summed E-state index contributed by atoms with van der Waals surface area (Å²) in [6.07, 6.45) is 6.88. The molecule has 1 heterocycles. The Kier molecular flexibility index (Phi) is 7.20. The Hall–Kier alpha value is -3.03. The van der Waals surface area contributed by atoms with Crippen molar-refractivity contribution in [2.75, 3.05) is 7.05 Å². The number of carbonyl (C=O) groups is 2. The second-order valence-corrected chi connectivity index (χ2v) is 9.15. The molecular formula is C25H32N2O6. The maximum absolute atomic E-state index is 12.5. The summed E-state index contributed by atoms with van der Waals surface area (Å²) in [7, 11) is 1.80. The highest BCUT2D eigenvalue weighted by Crippen LogP contribution is 2.31. The van der Waals surface area contributed by atoms with Gasteiger partial charge in [0.2, 0.25) is 0 Å². The number of ether oxygens (including phenoxy) is 2. The molecule has 8 nitrogen and oxygen atoms in total. The monoisotopic (exact) mass is 456 g/mol. The third kappa shape index (κ3) is 5.49. The Balaban J connectivity index is 1.38. The van der Waals surface area contributed by atoms with Crippen LogP contribution in [0, 0.1) is 12.8 Å². The Morgan fingerprint density at radius 3 is 2.55 bits per heavy atom. The second-order valence-electron chi connectivity index (χ2n) is 9.15. The number of aliphatic carboxylic acids is 1. The quantitative estimate of drug-likeness (QED) is 0.612. The zero-order valence-corrected chi connectivity index (χ0v) is 19.3. The van der Waals surface area contributed by atoms with Gasteiger partial charge in [0.25, 0.3) is 0 Å². The van der Waals surface area contributed by atoms with Gasteiger partial charge in [-0.25, -0.2) is 4.79 Å². The number of rotatable bonds is 7. The molecular weight excluding hydrogens is 424 g/mol. The van der Waals surface area contributed by atoms with Gasteiger partial charge in [-0.3, -0.25) is 4.79 Å². The molecule has 1 N–H and O–H groups in total. The van der Waals surface area contributed by atoms with Crippen molar-refractivity contribution in [2.45, 2.75) is 77.0 Å². The number of nitrogens with zero attached hydrogens (tertiary/aromatic N) is 2. The lowest BCUT2D eigenvalue weighted by Gasteiger charge is -2.27. The fourth-order valence-corrected chi connectivity index (χ4v) is 4.82. The van der Waals surface area contributed by atoms with Crippen molar-refractivity contribution in [1.82, 2.24) is 10.1 Å². The molecule has 4 rings (SSSR count). The highest BCUT2D eigenvalue weighted by molar-refractivity contribution is 5.70. The first kappa shape index (κ1) is 23.1. The molecule has 8 heteroatoms. The SMILES string of the molecule is Cc1noc(-c2ccc(O[C@H]3CCC[C@@H](C(=O)O)C3)cc2)c1COC(=O)N(C)C1CCCC1. The first-order valence-corrected chi connectivity index (χ1v) is 11.8. The van der Waals surface area contributed by atoms with Crippen LogP contribution in [0.3, 0.4) is 0 Å². The van der Waals surface area contributed by atoms with E-state index in [1.54, 1.807) is 11.9 Å². The normalized spacial score (nSPS) is 21.0.